The average molecular weight is 275 g/mol. The topological polar surface area (TPSA) is 71.4 Å². The summed E-state index contributed by atoms with van der Waals surface area (Å²) in [5.74, 6) is 0.294. The predicted octanol–water partition coefficient (Wildman–Crippen LogP) is 2.63. The number of nitro benzene ring substituents is 1. The van der Waals surface area contributed by atoms with E-state index in [0.29, 0.717) is 11.3 Å². The average Bonchev–Trinajstić information content (AvgIpc) is 2.80. The third-order valence-electron chi connectivity index (χ3n) is 4.25. The number of likely N-dealkylation sites (N-methyl/N-ethyl adjacent to an activating group) is 1. The van der Waals surface area contributed by atoms with Crippen molar-refractivity contribution in [1.29, 1.82) is 0 Å². The highest BCUT2D eigenvalue weighted by molar-refractivity contribution is 5.94. The van der Waals surface area contributed by atoms with Crippen LogP contribution < -0.4 is 4.74 Å². The van der Waals surface area contributed by atoms with Crippen molar-refractivity contribution in [2.75, 3.05) is 20.7 Å². The summed E-state index contributed by atoms with van der Waals surface area (Å²) < 4.78 is 5.12. The number of fused-ring (bicyclic) bond motifs is 3. The number of benzene rings is 1. The van der Waals surface area contributed by atoms with Gasteiger partial charge >= 0.3 is 5.69 Å². The number of aromatic amines is 1. The van der Waals surface area contributed by atoms with Crippen LogP contribution in [-0.4, -0.2) is 35.5 Å². The number of rotatable bonds is 2. The van der Waals surface area contributed by atoms with Gasteiger partial charge in [-0.25, -0.2) is 0 Å². The van der Waals surface area contributed by atoms with Crippen molar-refractivity contribution < 1.29 is 9.66 Å². The minimum absolute atomic E-state index is 0.0225. The van der Waals surface area contributed by atoms with E-state index in [1.807, 2.05) is 6.07 Å². The number of hydrogen-bond donors (Lipinski definition) is 1. The van der Waals surface area contributed by atoms with E-state index in [2.05, 4.69) is 23.9 Å². The molecule has 0 bridgehead atoms. The lowest BCUT2D eigenvalue weighted by atomic mass is 9.98. The van der Waals surface area contributed by atoms with Crippen molar-refractivity contribution in [1.82, 2.24) is 9.88 Å². The molecular formula is C14H17N3O3. The van der Waals surface area contributed by atoms with Crippen LogP contribution in [-0.2, 0) is 6.42 Å². The number of ether oxygens (including phenoxy) is 1. The molecule has 1 unspecified atom stereocenters. The van der Waals surface area contributed by atoms with E-state index in [0.717, 1.165) is 24.0 Å². The van der Waals surface area contributed by atoms with E-state index in [9.17, 15) is 10.1 Å². The molecule has 106 valence electrons. The van der Waals surface area contributed by atoms with E-state index >= 15 is 0 Å². The Kier molecular flexibility index (Phi) is 2.90. The lowest BCUT2D eigenvalue weighted by molar-refractivity contribution is -0.384. The summed E-state index contributed by atoms with van der Waals surface area (Å²) in [4.78, 5) is 16.5. The van der Waals surface area contributed by atoms with E-state index < -0.39 is 0 Å². The summed E-state index contributed by atoms with van der Waals surface area (Å²) in [5, 5.41) is 12.3. The number of nitrogens with zero attached hydrogens (tertiary/aromatic N) is 2. The van der Waals surface area contributed by atoms with Crippen LogP contribution in [0.15, 0.2) is 12.1 Å². The van der Waals surface area contributed by atoms with Crippen molar-refractivity contribution >= 4 is 16.6 Å². The summed E-state index contributed by atoms with van der Waals surface area (Å²) in [7, 11) is 3.52. The normalized spacial score (nSPS) is 19.1. The van der Waals surface area contributed by atoms with Gasteiger partial charge in [-0.05, 0) is 38.1 Å². The Morgan fingerprint density at radius 3 is 2.90 bits per heavy atom. The Bertz CT molecular complexity index is 693. The summed E-state index contributed by atoms with van der Waals surface area (Å²) in [6, 6.07) is 3.82. The van der Waals surface area contributed by atoms with Gasteiger partial charge in [0, 0.05) is 23.7 Å². The van der Waals surface area contributed by atoms with Crippen LogP contribution in [0.25, 0.3) is 10.9 Å². The van der Waals surface area contributed by atoms with Crippen molar-refractivity contribution in [2.24, 2.45) is 0 Å². The molecule has 0 saturated carbocycles. The fourth-order valence-corrected chi connectivity index (χ4v) is 2.98. The molecule has 0 amide bonds. The molecule has 0 spiro atoms. The smallest absolute Gasteiger partial charge is 0.334 e. The van der Waals surface area contributed by atoms with Gasteiger partial charge in [0.2, 0.25) is 0 Å². The van der Waals surface area contributed by atoms with Gasteiger partial charge in [-0.1, -0.05) is 0 Å². The quantitative estimate of drug-likeness (QED) is 0.675. The highest BCUT2D eigenvalue weighted by Gasteiger charge is 2.29. The Labute approximate surface area is 116 Å². The molecule has 20 heavy (non-hydrogen) atoms. The number of methoxy groups -OCH3 is 1. The van der Waals surface area contributed by atoms with Gasteiger partial charge in [0.05, 0.1) is 12.0 Å². The van der Waals surface area contributed by atoms with E-state index in [1.54, 1.807) is 6.07 Å². The summed E-state index contributed by atoms with van der Waals surface area (Å²) in [6.07, 6.45) is 0.902. The number of aromatic nitrogens is 1. The standard InChI is InChI=1S/C14H17N3O3/c1-8-12-10(6-7-16(8)2)9-4-5-11(20-3)14(17(18)19)13(9)15-12/h4-5,8,15H,6-7H2,1-3H3. The third-order valence-corrected chi connectivity index (χ3v) is 4.25. The first-order chi connectivity index (χ1) is 9.54. The predicted molar refractivity (Wildman–Crippen MR) is 76.3 cm³/mol. The maximum absolute atomic E-state index is 11.3. The van der Waals surface area contributed by atoms with Gasteiger partial charge in [0.25, 0.3) is 0 Å². The van der Waals surface area contributed by atoms with Crippen molar-refractivity contribution in [3.8, 4) is 5.75 Å². The van der Waals surface area contributed by atoms with Crippen molar-refractivity contribution in [3.63, 3.8) is 0 Å². The first kappa shape index (κ1) is 12.9. The van der Waals surface area contributed by atoms with Gasteiger partial charge in [0.1, 0.15) is 5.52 Å². The zero-order valence-electron chi connectivity index (χ0n) is 11.8. The number of nitrogens with one attached hydrogen (secondary N) is 1. The molecule has 0 aliphatic carbocycles. The lowest BCUT2D eigenvalue weighted by Gasteiger charge is -2.29. The SMILES string of the molecule is COc1ccc2c3c([nH]c2c1[N+](=O)[O-])C(C)N(C)CC3. The second kappa shape index (κ2) is 4.49. The molecule has 1 aromatic carbocycles. The van der Waals surface area contributed by atoms with Gasteiger partial charge in [-0.2, -0.15) is 0 Å². The molecular weight excluding hydrogens is 258 g/mol. The molecule has 1 aliphatic rings. The van der Waals surface area contributed by atoms with Gasteiger partial charge in [-0.15, -0.1) is 0 Å². The Hall–Kier alpha value is -2.08. The zero-order valence-corrected chi connectivity index (χ0v) is 11.8. The second-order valence-corrected chi connectivity index (χ2v) is 5.22. The third kappa shape index (κ3) is 1.68. The Morgan fingerprint density at radius 2 is 2.25 bits per heavy atom. The van der Waals surface area contributed by atoms with Gasteiger partial charge < -0.3 is 9.72 Å². The molecule has 2 heterocycles. The molecule has 0 fully saturated rings. The lowest BCUT2D eigenvalue weighted by Crippen LogP contribution is -2.30. The van der Waals surface area contributed by atoms with Crippen LogP contribution in [0.5, 0.6) is 5.75 Å². The van der Waals surface area contributed by atoms with Crippen LogP contribution in [0, 0.1) is 10.1 Å². The minimum atomic E-state index is -0.377. The highest BCUT2D eigenvalue weighted by Crippen LogP contribution is 2.40. The molecule has 1 N–H and O–H groups in total. The maximum atomic E-state index is 11.3. The Morgan fingerprint density at radius 1 is 1.50 bits per heavy atom. The molecule has 0 radical (unpaired) electrons. The van der Waals surface area contributed by atoms with E-state index in [-0.39, 0.29) is 16.7 Å². The highest BCUT2D eigenvalue weighted by atomic mass is 16.6. The van der Waals surface area contributed by atoms with Crippen molar-refractivity contribution in [2.45, 2.75) is 19.4 Å². The Balaban J connectivity index is 2.32. The van der Waals surface area contributed by atoms with Gasteiger partial charge in [-0.3, -0.25) is 15.0 Å². The molecule has 6 nitrogen and oxygen atoms in total. The first-order valence-corrected chi connectivity index (χ1v) is 6.60. The van der Waals surface area contributed by atoms with Crippen LogP contribution in [0.4, 0.5) is 5.69 Å². The fourth-order valence-electron chi connectivity index (χ4n) is 2.98. The summed E-state index contributed by atoms with van der Waals surface area (Å²) in [5.41, 5.74) is 2.86. The van der Waals surface area contributed by atoms with Crippen molar-refractivity contribution in [3.05, 3.63) is 33.5 Å². The first-order valence-electron chi connectivity index (χ1n) is 6.60. The molecule has 3 rings (SSSR count). The molecule has 1 aliphatic heterocycles. The molecule has 6 heteroatoms. The van der Waals surface area contributed by atoms with Crippen LogP contribution in [0.1, 0.15) is 24.2 Å². The largest absolute Gasteiger partial charge is 0.490 e. The molecule has 2 aromatic rings. The molecule has 1 atom stereocenters. The molecule has 1 aromatic heterocycles. The summed E-state index contributed by atoms with van der Waals surface area (Å²) in [6.45, 7) is 3.07. The number of H-pyrrole nitrogens is 1. The number of nitro groups is 1. The minimum Gasteiger partial charge on any atom is -0.490 e. The maximum Gasteiger partial charge on any atom is 0.334 e. The van der Waals surface area contributed by atoms with E-state index in [1.165, 1.54) is 12.7 Å². The second-order valence-electron chi connectivity index (χ2n) is 5.22. The monoisotopic (exact) mass is 275 g/mol. The van der Waals surface area contributed by atoms with Gasteiger partial charge in [0.15, 0.2) is 5.75 Å². The summed E-state index contributed by atoms with van der Waals surface area (Å²) >= 11 is 0. The van der Waals surface area contributed by atoms with E-state index in [4.69, 9.17) is 4.74 Å². The fraction of sp³-hybridized carbons (Fsp3) is 0.429. The van der Waals surface area contributed by atoms with Crippen LogP contribution in [0.3, 0.4) is 0 Å². The van der Waals surface area contributed by atoms with Crippen LogP contribution >= 0.6 is 0 Å². The molecule has 0 saturated heterocycles. The number of hydrogen-bond acceptors (Lipinski definition) is 4. The zero-order chi connectivity index (χ0) is 14.4. The van der Waals surface area contributed by atoms with Crippen LogP contribution in [0.2, 0.25) is 0 Å².